The number of ether oxygens (including phenoxy) is 3. The Bertz CT molecular complexity index is 1020. The Morgan fingerprint density at radius 2 is 1.62 bits per heavy atom. The van der Waals surface area contributed by atoms with E-state index in [4.69, 9.17) is 19.3 Å². The third-order valence-electron chi connectivity index (χ3n) is 4.69. The van der Waals surface area contributed by atoms with Gasteiger partial charge >= 0.3 is 5.97 Å². The lowest BCUT2D eigenvalue weighted by Crippen LogP contribution is -2.07. The SMILES string of the molecule is CCCc1cc(Oc2ccccc2)ccc1OCCCOc1ccc(CC(=O)O)cc1F. The van der Waals surface area contributed by atoms with Crippen molar-refractivity contribution in [3.05, 3.63) is 83.7 Å². The van der Waals surface area contributed by atoms with Crippen molar-refractivity contribution in [1.29, 1.82) is 0 Å². The number of aliphatic carboxylic acids is 1. The van der Waals surface area contributed by atoms with Crippen molar-refractivity contribution >= 4 is 5.97 Å². The second kappa shape index (κ2) is 11.7. The molecule has 0 aliphatic carbocycles. The summed E-state index contributed by atoms with van der Waals surface area (Å²) in [5, 5.41) is 8.78. The number of aryl methyl sites for hydroxylation is 1. The summed E-state index contributed by atoms with van der Waals surface area (Å²) in [6.45, 7) is 2.82. The van der Waals surface area contributed by atoms with E-state index in [0.717, 1.165) is 35.7 Å². The monoisotopic (exact) mass is 438 g/mol. The van der Waals surface area contributed by atoms with Crippen LogP contribution in [0.4, 0.5) is 4.39 Å². The van der Waals surface area contributed by atoms with E-state index in [1.807, 2.05) is 48.5 Å². The van der Waals surface area contributed by atoms with E-state index in [9.17, 15) is 9.18 Å². The lowest BCUT2D eigenvalue weighted by Gasteiger charge is -2.14. The first-order chi connectivity index (χ1) is 15.5. The number of halogens is 1. The Morgan fingerprint density at radius 3 is 2.31 bits per heavy atom. The highest BCUT2D eigenvalue weighted by Crippen LogP contribution is 2.29. The summed E-state index contributed by atoms with van der Waals surface area (Å²) in [5.74, 6) is 0.882. The summed E-state index contributed by atoms with van der Waals surface area (Å²) >= 11 is 0. The number of para-hydroxylation sites is 1. The Labute approximate surface area is 187 Å². The molecule has 0 atom stereocenters. The van der Waals surface area contributed by atoms with E-state index in [0.29, 0.717) is 18.6 Å². The van der Waals surface area contributed by atoms with Gasteiger partial charge < -0.3 is 19.3 Å². The number of carboxylic acid groups (broad SMARTS) is 1. The fraction of sp³-hybridized carbons (Fsp3) is 0.269. The summed E-state index contributed by atoms with van der Waals surface area (Å²) in [5.41, 5.74) is 1.47. The molecule has 3 rings (SSSR count). The van der Waals surface area contributed by atoms with Crippen LogP contribution in [0, 0.1) is 5.82 Å². The average molecular weight is 438 g/mol. The first-order valence-electron chi connectivity index (χ1n) is 10.7. The number of hydrogen-bond acceptors (Lipinski definition) is 4. The molecule has 0 heterocycles. The Kier molecular flexibility index (Phi) is 8.49. The lowest BCUT2D eigenvalue weighted by atomic mass is 10.1. The quantitative estimate of drug-likeness (QED) is 0.349. The van der Waals surface area contributed by atoms with Crippen LogP contribution < -0.4 is 14.2 Å². The molecule has 0 saturated carbocycles. The van der Waals surface area contributed by atoms with Gasteiger partial charge in [-0.3, -0.25) is 4.79 Å². The van der Waals surface area contributed by atoms with E-state index in [2.05, 4.69) is 6.92 Å². The maximum Gasteiger partial charge on any atom is 0.307 e. The van der Waals surface area contributed by atoms with Crippen LogP contribution in [0.3, 0.4) is 0 Å². The zero-order valence-electron chi connectivity index (χ0n) is 18.1. The van der Waals surface area contributed by atoms with Crippen LogP contribution in [0.15, 0.2) is 66.7 Å². The number of rotatable bonds is 12. The fourth-order valence-electron chi connectivity index (χ4n) is 3.22. The number of carboxylic acids is 1. The predicted octanol–water partition coefficient (Wildman–Crippen LogP) is 6.05. The molecule has 32 heavy (non-hydrogen) atoms. The van der Waals surface area contributed by atoms with Crippen LogP contribution in [-0.2, 0) is 17.6 Å². The van der Waals surface area contributed by atoms with Gasteiger partial charge in [-0.25, -0.2) is 4.39 Å². The first kappa shape index (κ1) is 23.1. The van der Waals surface area contributed by atoms with Gasteiger partial charge in [0.15, 0.2) is 11.6 Å². The summed E-state index contributed by atoms with van der Waals surface area (Å²) in [6.07, 6.45) is 2.20. The smallest absolute Gasteiger partial charge is 0.307 e. The van der Waals surface area contributed by atoms with Crippen LogP contribution in [0.25, 0.3) is 0 Å². The van der Waals surface area contributed by atoms with Crippen LogP contribution >= 0.6 is 0 Å². The minimum Gasteiger partial charge on any atom is -0.493 e. The second-order valence-electron chi connectivity index (χ2n) is 7.32. The van der Waals surface area contributed by atoms with Crippen molar-refractivity contribution < 1.29 is 28.5 Å². The average Bonchev–Trinajstić information content (AvgIpc) is 2.77. The maximum absolute atomic E-state index is 14.0. The van der Waals surface area contributed by atoms with Crippen LogP contribution in [0.1, 0.15) is 30.9 Å². The largest absolute Gasteiger partial charge is 0.493 e. The summed E-state index contributed by atoms with van der Waals surface area (Å²) in [6, 6.07) is 19.6. The van der Waals surface area contributed by atoms with Gasteiger partial charge in [-0.2, -0.15) is 0 Å². The molecule has 0 saturated heterocycles. The number of hydrogen-bond donors (Lipinski definition) is 1. The van der Waals surface area contributed by atoms with E-state index >= 15 is 0 Å². The molecule has 0 aliphatic heterocycles. The van der Waals surface area contributed by atoms with Crippen LogP contribution in [0.5, 0.6) is 23.0 Å². The molecule has 168 valence electrons. The highest BCUT2D eigenvalue weighted by molar-refractivity contribution is 5.70. The minimum atomic E-state index is -1.00. The molecule has 0 aliphatic rings. The van der Waals surface area contributed by atoms with Crippen molar-refractivity contribution in [3.8, 4) is 23.0 Å². The predicted molar refractivity (Wildman–Crippen MR) is 120 cm³/mol. The van der Waals surface area contributed by atoms with Crippen molar-refractivity contribution in [2.24, 2.45) is 0 Å². The first-order valence-corrected chi connectivity index (χ1v) is 10.7. The van der Waals surface area contributed by atoms with Crippen molar-refractivity contribution in [2.75, 3.05) is 13.2 Å². The standard InChI is InChI=1S/C26H27FO5/c1-2-7-20-18-22(32-21-8-4-3-5-9-21)11-13-24(20)30-14-6-15-31-25-12-10-19(16-23(25)27)17-26(28)29/h3-5,8-13,16,18H,2,6-7,14-15,17H2,1H3,(H,28,29). The number of benzene rings is 3. The molecular weight excluding hydrogens is 411 g/mol. The van der Waals surface area contributed by atoms with Gasteiger partial charge in [0.2, 0.25) is 0 Å². The zero-order valence-corrected chi connectivity index (χ0v) is 18.1. The summed E-state index contributed by atoms with van der Waals surface area (Å²) in [4.78, 5) is 10.7. The Hall–Kier alpha value is -3.54. The van der Waals surface area contributed by atoms with E-state index in [1.165, 1.54) is 12.1 Å². The molecule has 0 unspecified atom stereocenters. The molecule has 5 nitrogen and oxygen atoms in total. The van der Waals surface area contributed by atoms with E-state index < -0.39 is 11.8 Å². The van der Waals surface area contributed by atoms with Crippen molar-refractivity contribution in [2.45, 2.75) is 32.6 Å². The van der Waals surface area contributed by atoms with Gasteiger partial charge in [0.25, 0.3) is 0 Å². The molecular formula is C26H27FO5. The number of carbonyl (C=O) groups is 1. The second-order valence-corrected chi connectivity index (χ2v) is 7.32. The van der Waals surface area contributed by atoms with E-state index in [1.54, 1.807) is 6.07 Å². The van der Waals surface area contributed by atoms with Crippen LogP contribution in [-0.4, -0.2) is 24.3 Å². The molecule has 0 radical (unpaired) electrons. The highest BCUT2D eigenvalue weighted by Gasteiger charge is 2.09. The molecule has 0 bridgehead atoms. The maximum atomic E-state index is 14.0. The Morgan fingerprint density at radius 1 is 0.906 bits per heavy atom. The van der Waals surface area contributed by atoms with Gasteiger partial charge in [-0.15, -0.1) is 0 Å². The molecule has 0 amide bonds. The zero-order chi connectivity index (χ0) is 22.8. The van der Waals surface area contributed by atoms with Crippen molar-refractivity contribution in [3.63, 3.8) is 0 Å². The topological polar surface area (TPSA) is 65.0 Å². The molecule has 3 aromatic carbocycles. The fourth-order valence-corrected chi connectivity index (χ4v) is 3.22. The molecule has 6 heteroatoms. The minimum absolute atomic E-state index is 0.105. The molecule has 0 fully saturated rings. The van der Waals surface area contributed by atoms with Gasteiger partial charge in [0.05, 0.1) is 19.6 Å². The molecule has 3 aromatic rings. The third kappa shape index (κ3) is 7.01. The van der Waals surface area contributed by atoms with Gasteiger partial charge in [-0.05, 0) is 60.0 Å². The molecule has 1 N–H and O–H groups in total. The Balaban J connectivity index is 1.50. The van der Waals surface area contributed by atoms with Gasteiger partial charge in [0, 0.05) is 6.42 Å². The lowest BCUT2D eigenvalue weighted by molar-refractivity contribution is -0.136. The van der Waals surface area contributed by atoms with Gasteiger partial charge in [-0.1, -0.05) is 37.6 Å². The molecule has 0 spiro atoms. The normalized spacial score (nSPS) is 10.6. The van der Waals surface area contributed by atoms with E-state index in [-0.39, 0.29) is 18.8 Å². The molecule has 0 aromatic heterocycles. The summed E-state index contributed by atoms with van der Waals surface area (Å²) in [7, 11) is 0. The van der Waals surface area contributed by atoms with Crippen LogP contribution in [0.2, 0.25) is 0 Å². The third-order valence-corrected chi connectivity index (χ3v) is 4.69. The van der Waals surface area contributed by atoms with Gasteiger partial charge in [0.1, 0.15) is 17.2 Å². The van der Waals surface area contributed by atoms with Crippen molar-refractivity contribution in [1.82, 2.24) is 0 Å². The highest BCUT2D eigenvalue weighted by atomic mass is 19.1. The summed E-state index contributed by atoms with van der Waals surface area (Å²) < 4.78 is 31.4.